The van der Waals surface area contributed by atoms with Gasteiger partial charge in [-0.1, -0.05) is 19.3 Å². The summed E-state index contributed by atoms with van der Waals surface area (Å²) in [6.07, 6.45) is 8.03. The number of ether oxygens (including phenoxy) is 1. The quantitative estimate of drug-likeness (QED) is 0.701. The van der Waals surface area contributed by atoms with Gasteiger partial charge in [0.25, 0.3) is 0 Å². The molecule has 1 aliphatic carbocycles. The fraction of sp³-hybridized carbons (Fsp3) is 0.941. The molecule has 0 spiro atoms. The highest BCUT2D eigenvalue weighted by atomic mass is 16.6. The van der Waals surface area contributed by atoms with Gasteiger partial charge < -0.3 is 20.7 Å². The number of carbonyl (C=O) groups excluding carboxylic acids is 1. The zero-order valence-electron chi connectivity index (χ0n) is 14.4. The van der Waals surface area contributed by atoms with Crippen LogP contribution in [0.3, 0.4) is 0 Å². The first kappa shape index (κ1) is 17.5. The number of hydrogen-bond acceptors (Lipinski definition) is 4. The highest BCUT2D eigenvalue weighted by Gasteiger charge is 2.29. The SMILES string of the molecule is CC(C)(C)OC(=O)NC1CCCCCC1NC1CCCNC1. The summed E-state index contributed by atoms with van der Waals surface area (Å²) >= 11 is 0. The summed E-state index contributed by atoms with van der Waals surface area (Å²) in [5.74, 6) is 0. The van der Waals surface area contributed by atoms with Gasteiger partial charge in [0.15, 0.2) is 0 Å². The van der Waals surface area contributed by atoms with Crippen LogP contribution in [0.15, 0.2) is 0 Å². The van der Waals surface area contributed by atoms with E-state index in [4.69, 9.17) is 4.74 Å². The Kier molecular flexibility index (Phi) is 6.50. The molecule has 0 radical (unpaired) electrons. The van der Waals surface area contributed by atoms with Crippen LogP contribution in [-0.2, 0) is 4.74 Å². The number of alkyl carbamates (subject to hydrolysis) is 1. The van der Waals surface area contributed by atoms with Crippen molar-refractivity contribution in [3.8, 4) is 0 Å². The zero-order valence-corrected chi connectivity index (χ0v) is 14.4. The average molecular weight is 311 g/mol. The van der Waals surface area contributed by atoms with Gasteiger partial charge in [-0.25, -0.2) is 4.79 Å². The predicted octanol–water partition coefficient (Wildman–Crippen LogP) is 2.55. The Balaban J connectivity index is 1.90. The first-order valence-electron chi connectivity index (χ1n) is 8.90. The smallest absolute Gasteiger partial charge is 0.407 e. The molecule has 1 heterocycles. The van der Waals surface area contributed by atoms with Gasteiger partial charge in [0.05, 0.1) is 0 Å². The van der Waals surface area contributed by atoms with Gasteiger partial charge in [-0.3, -0.25) is 0 Å². The minimum Gasteiger partial charge on any atom is -0.444 e. The van der Waals surface area contributed by atoms with Crippen molar-refractivity contribution in [1.82, 2.24) is 16.0 Å². The summed E-state index contributed by atoms with van der Waals surface area (Å²) in [6.45, 7) is 7.88. The van der Waals surface area contributed by atoms with Gasteiger partial charge >= 0.3 is 6.09 Å². The second kappa shape index (κ2) is 8.16. The van der Waals surface area contributed by atoms with Crippen molar-refractivity contribution >= 4 is 6.09 Å². The lowest BCUT2D eigenvalue weighted by atomic mass is 9.99. The van der Waals surface area contributed by atoms with E-state index in [0.717, 1.165) is 25.9 Å². The number of hydrogen-bond donors (Lipinski definition) is 3. The van der Waals surface area contributed by atoms with Crippen LogP contribution in [0.1, 0.15) is 65.7 Å². The molecule has 0 aromatic rings. The summed E-state index contributed by atoms with van der Waals surface area (Å²) in [6, 6.07) is 1.07. The second-order valence-corrected chi connectivity index (χ2v) is 7.71. The predicted molar refractivity (Wildman–Crippen MR) is 89.1 cm³/mol. The average Bonchev–Trinajstić information content (AvgIpc) is 2.64. The van der Waals surface area contributed by atoms with Crippen molar-refractivity contribution < 1.29 is 9.53 Å². The molecule has 2 fully saturated rings. The van der Waals surface area contributed by atoms with Gasteiger partial charge in [-0.05, 0) is 53.0 Å². The fourth-order valence-corrected chi connectivity index (χ4v) is 3.44. The van der Waals surface area contributed by atoms with E-state index in [1.807, 2.05) is 20.8 Å². The molecule has 2 aliphatic rings. The monoisotopic (exact) mass is 311 g/mol. The number of nitrogens with one attached hydrogen (secondary N) is 3. The molecule has 1 amide bonds. The first-order valence-corrected chi connectivity index (χ1v) is 8.90. The van der Waals surface area contributed by atoms with Crippen LogP contribution in [-0.4, -0.2) is 42.9 Å². The summed E-state index contributed by atoms with van der Waals surface area (Å²) < 4.78 is 5.43. The van der Waals surface area contributed by atoms with Crippen LogP contribution in [0.5, 0.6) is 0 Å². The molecule has 3 unspecified atom stereocenters. The molecule has 0 aromatic carbocycles. The summed E-state index contributed by atoms with van der Waals surface area (Å²) in [7, 11) is 0. The Labute approximate surface area is 134 Å². The molecular formula is C17H33N3O2. The third-order valence-corrected chi connectivity index (χ3v) is 4.46. The third-order valence-electron chi connectivity index (χ3n) is 4.46. The number of amides is 1. The van der Waals surface area contributed by atoms with E-state index in [2.05, 4.69) is 16.0 Å². The maximum atomic E-state index is 12.1. The van der Waals surface area contributed by atoms with Crippen LogP contribution in [0.25, 0.3) is 0 Å². The molecule has 1 aliphatic heterocycles. The molecule has 0 bridgehead atoms. The van der Waals surface area contributed by atoms with Gasteiger partial charge in [0.2, 0.25) is 0 Å². The van der Waals surface area contributed by atoms with Crippen LogP contribution in [0, 0.1) is 0 Å². The van der Waals surface area contributed by atoms with Crippen molar-refractivity contribution in [3.63, 3.8) is 0 Å². The Bertz CT molecular complexity index is 348. The van der Waals surface area contributed by atoms with E-state index < -0.39 is 5.60 Å². The summed E-state index contributed by atoms with van der Waals surface area (Å²) in [5.41, 5.74) is -0.439. The lowest BCUT2D eigenvalue weighted by Gasteiger charge is -2.33. The third kappa shape index (κ3) is 6.13. The second-order valence-electron chi connectivity index (χ2n) is 7.71. The Morgan fingerprint density at radius 3 is 2.41 bits per heavy atom. The molecule has 2 rings (SSSR count). The van der Waals surface area contributed by atoms with Crippen LogP contribution in [0.2, 0.25) is 0 Å². The van der Waals surface area contributed by atoms with Crippen molar-refractivity contribution in [2.45, 2.75) is 89.4 Å². The van der Waals surface area contributed by atoms with Crippen LogP contribution < -0.4 is 16.0 Å². The van der Waals surface area contributed by atoms with Crippen molar-refractivity contribution in [2.24, 2.45) is 0 Å². The Hall–Kier alpha value is -0.810. The lowest BCUT2D eigenvalue weighted by molar-refractivity contribution is 0.0487. The summed E-state index contributed by atoms with van der Waals surface area (Å²) in [5, 5.41) is 10.3. The summed E-state index contributed by atoms with van der Waals surface area (Å²) in [4.78, 5) is 12.1. The Morgan fingerprint density at radius 2 is 1.77 bits per heavy atom. The fourth-order valence-electron chi connectivity index (χ4n) is 3.44. The first-order chi connectivity index (χ1) is 10.4. The highest BCUT2D eigenvalue weighted by Crippen LogP contribution is 2.20. The molecule has 0 aromatic heterocycles. The molecule has 128 valence electrons. The molecule has 22 heavy (non-hydrogen) atoms. The zero-order chi connectivity index (χ0) is 16.0. The van der Waals surface area contributed by atoms with Gasteiger partial charge in [-0.2, -0.15) is 0 Å². The van der Waals surface area contributed by atoms with E-state index in [1.54, 1.807) is 0 Å². The van der Waals surface area contributed by atoms with Crippen LogP contribution in [0.4, 0.5) is 4.79 Å². The van der Waals surface area contributed by atoms with E-state index in [9.17, 15) is 4.79 Å². The van der Waals surface area contributed by atoms with E-state index in [-0.39, 0.29) is 12.1 Å². The maximum absolute atomic E-state index is 12.1. The molecule has 1 saturated heterocycles. The number of carbonyl (C=O) groups is 1. The molecule has 1 saturated carbocycles. The van der Waals surface area contributed by atoms with E-state index in [1.165, 1.54) is 32.1 Å². The molecule has 5 heteroatoms. The van der Waals surface area contributed by atoms with Gasteiger partial charge in [-0.15, -0.1) is 0 Å². The normalized spacial score (nSPS) is 30.4. The lowest BCUT2D eigenvalue weighted by Crippen LogP contribution is -2.55. The highest BCUT2D eigenvalue weighted by molar-refractivity contribution is 5.68. The molecule has 3 N–H and O–H groups in total. The topological polar surface area (TPSA) is 62.4 Å². The largest absolute Gasteiger partial charge is 0.444 e. The van der Waals surface area contributed by atoms with Crippen LogP contribution >= 0.6 is 0 Å². The molecular weight excluding hydrogens is 278 g/mol. The van der Waals surface area contributed by atoms with Crippen molar-refractivity contribution in [2.75, 3.05) is 13.1 Å². The minimum atomic E-state index is -0.439. The Morgan fingerprint density at radius 1 is 1.05 bits per heavy atom. The van der Waals surface area contributed by atoms with Gasteiger partial charge in [0.1, 0.15) is 5.60 Å². The van der Waals surface area contributed by atoms with Crippen molar-refractivity contribution in [1.29, 1.82) is 0 Å². The number of rotatable bonds is 3. The minimum absolute atomic E-state index is 0.180. The molecule has 5 nitrogen and oxygen atoms in total. The number of piperidine rings is 1. The van der Waals surface area contributed by atoms with Gasteiger partial charge in [0, 0.05) is 24.7 Å². The maximum Gasteiger partial charge on any atom is 0.407 e. The standard InChI is InChI=1S/C17H33N3O2/c1-17(2,3)22-16(21)20-15-10-6-4-5-9-14(15)19-13-8-7-11-18-12-13/h13-15,18-19H,4-12H2,1-3H3,(H,20,21). The molecule has 3 atom stereocenters. The van der Waals surface area contributed by atoms with Crippen molar-refractivity contribution in [3.05, 3.63) is 0 Å². The van der Waals surface area contributed by atoms with E-state index in [0.29, 0.717) is 12.1 Å². The van der Waals surface area contributed by atoms with E-state index >= 15 is 0 Å².